The Kier molecular flexibility index (Phi) is 13.8. The number of rotatable bonds is 8. The molecule has 0 fully saturated rings. The first-order chi connectivity index (χ1) is 53.8. The lowest BCUT2D eigenvalue weighted by atomic mass is 9.82. The van der Waals surface area contributed by atoms with Crippen LogP contribution in [0.2, 0.25) is 0 Å². The van der Waals surface area contributed by atoms with Gasteiger partial charge in [-0.2, -0.15) is 0 Å². The van der Waals surface area contributed by atoms with E-state index in [2.05, 4.69) is 241 Å². The van der Waals surface area contributed by atoms with Crippen LogP contribution in [-0.2, 0) is 5.41 Å². The molecule has 0 atom stereocenters. The number of para-hydroxylation sites is 2. The van der Waals surface area contributed by atoms with E-state index in [0.29, 0.717) is 34.9 Å². The molecule has 23 rings (SSSR count). The molecule has 0 saturated carbocycles. The molecule has 22 aromatic rings. The number of aromatic nitrogens is 8. The Labute approximate surface area is 624 Å². The second kappa shape index (κ2) is 24.3. The van der Waals surface area contributed by atoms with Crippen molar-refractivity contribution in [2.75, 3.05) is 0 Å². The van der Waals surface area contributed by atoms with Gasteiger partial charge in [0.1, 0.15) is 22.3 Å². The molecule has 0 spiro atoms. The zero-order valence-electron chi connectivity index (χ0n) is 59.2. The van der Waals surface area contributed by atoms with Crippen molar-refractivity contribution < 1.29 is 8.83 Å². The highest BCUT2D eigenvalue weighted by atomic mass is 16.3. The lowest BCUT2D eigenvalue weighted by molar-refractivity contribution is 0.660. The normalized spacial score (nSPS) is 12.6. The molecule has 10 heteroatoms. The van der Waals surface area contributed by atoms with Crippen LogP contribution >= 0.6 is 0 Å². The van der Waals surface area contributed by atoms with Crippen LogP contribution in [0.15, 0.2) is 349 Å². The molecule has 0 amide bonds. The molecule has 16 aromatic carbocycles. The van der Waals surface area contributed by atoms with Gasteiger partial charge in [0, 0.05) is 82.5 Å². The summed E-state index contributed by atoms with van der Waals surface area (Å²) in [5.74, 6) is 3.72. The Morgan fingerprint density at radius 2 is 0.560 bits per heavy atom. The summed E-state index contributed by atoms with van der Waals surface area (Å²) in [6.07, 6.45) is 0. The van der Waals surface area contributed by atoms with Crippen LogP contribution in [0.25, 0.3) is 211 Å². The van der Waals surface area contributed by atoms with Gasteiger partial charge in [0.2, 0.25) is 0 Å². The van der Waals surface area contributed by atoms with E-state index in [-0.39, 0.29) is 5.41 Å². The van der Waals surface area contributed by atoms with Gasteiger partial charge in [-0.1, -0.05) is 269 Å². The molecule has 1 aliphatic rings. The van der Waals surface area contributed by atoms with E-state index in [0.717, 1.165) is 132 Å². The molecule has 0 bridgehead atoms. The zero-order chi connectivity index (χ0) is 72.0. The van der Waals surface area contributed by atoms with Crippen LogP contribution in [0.3, 0.4) is 0 Å². The Hall–Kier alpha value is -14.5. The molecule has 0 saturated heterocycles. The Morgan fingerprint density at radius 3 is 1.01 bits per heavy atom. The molecular formula is C99H62N8O2. The number of furan rings is 2. The molecule has 6 aromatic heterocycles. The van der Waals surface area contributed by atoms with Crippen LogP contribution < -0.4 is 0 Å². The summed E-state index contributed by atoms with van der Waals surface area (Å²) < 4.78 is 18.6. The van der Waals surface area contributed by atoms with Crippen molar-refractivity contribution in [3.05, 3.63) is 351 Å². The van der Waals surface area contributed by atoms with Gasteiger partial charge >= 0.3 is 0 Å². The number of fused-ring (bicyclic) bond motifs is 23. The maximum atomic E-state index is 6.91. The van der Waals surface area contributed by atoms with Crippen molar-refractivity contribution in [2.45, 2.75) is 19.3 Å². The predicted molar refractivity (Wildman–Crippen MR) is 446 cm³/mol. The molecule has 0 radical (unpaired) electrons. The van der Waals surface area contributed by atoms with Gasteiger partial charge in [0.15, 0.2) is 34.9 Å². The second-order valence-corrected chi connectivity index (χ2v) is 28.8. The second-order valence-electron chi connectivity index (χ2n) is 28.8. The predicted octanol–water partition coefficient (Wildman–Crippen LogP) is 25.5. The van der Waals surface area contributed by atoms with Crippen LogP contribution in [-0.4, -0.2) is 39.0 Å². The van der Waals surface area contributed by atoms with Crippen LogP contribution in [0.4, 0.5) is 0 Å². The molecule has 1 aliphatic carbocycles. The fourth-order valence-corrected chi connectivity index (χ4v) is 17.1. The molecule has 109 heavy (non-hydrogen) atoms. The number of hydrogen-bond donors (Lipinski definition) is 0. The summed E-state index contributed by atoms with van der Waals surface area (Å²) in [5.41, 5.74) is 20.8. The van der Waals surface area contributed by atoms with Crippen LogP contribution in [0, 0.1) is 0 Å². The fourth-order valence-electron chi connectivity index (χ4n) is 17.1. The monoisotopic (exact) mass is 1390 g/mol. The lowest BCUT2D eigenvalue weighted by Crippen LogP contribution is -2.15. The summed E-state index contributed by atoms with van der Waals surface area (Å²) in [6.45, 7) is 4.67. The van der Waals surface area contributed by atoms with Gasteiger partial charge in [-0.3, -0.25) is 0 Å². The van der Waals surface area contributed by atoms with E-state index >= 15 is 0 Å². The van der Waals surface area contributed by atoms with Crippen molar-refractivity contribution >= 4 is 120 Å². The highest BCUT2D eigenvalue weighted by molar-refractivity contribution is 6.28. The van der Waals surface area contributed by atoms with Gasteiger partial charge < -0.3 is 18.0 Å². The van der Waals surface area contributed by atoms with E-state index in [1.807, 2.05) is 121 Å². The van der Waals surface area contributed by atoms with Crippen molar-refractivity contribution in [1.82, 2.24) is 39.0 Å². The minimum Gasteiger partial charge on any atom is -0.455 e. The average Bonchev–Trinajstić information content (AvgIpc) is 1.59. The molecule has 0 N–H and O–H groups in total. The molecule has 0 unspecified atom stereocenters. The van der Waals surface area contributed by atoms with E-state index in [4.69, 9.17) is 38.7 Å². The van der Waals surface area contributed by atoms with Gasteiger partial charge in [0.05, 0.1) is 32.8 Å². The number of hydrogen-bond acceptors (Lipinski definition) is 8. The fraction of sp³-hybridized carbons (Fsp3) is 0.0303. The molecule has 6 heterocycles. The maximum absolute atomic E-state index is 6.91. The zero-order valence-corrected chi connectivity index (χ0v) is 59.2. The summed E-state index contributed by atoms with van der Waals surface area (Å²) in [7, 11) is 0. The molecular weight excluding hydrogens is 1330 g/mol. The Morgan fingerprint density at radius 1 is 0.229 bits per heavy atom. The summed E-state index contributed by atoms with van der Waals surface area (Å²) >= 11 is 0. The van der Waals surface area contributed by atoms with Gasteiger partial charge in [-0.05, 0) is 140 Å². The third-order valence-corrected chi connectivity index (χ3v) is 22.3. The summed E-state index contributed by atoms with van der Waals surface area (Å²) in [6, 6.07) is 119. The largest absolute Gasteiger partial charge is 0.455 e. The third-order valence-electron chi connectivity index (χ3n) is 22.3. The van der Waals surface area contributed by atoms with E-state index < -0.39 is 0 Å². The first-order valence-electron chi connectivity index (χ1n) is 36.9. The van der Waals surface area contributed by atoms with Gasteiger partial charge in [-0.25, -0.2) is 29.9 Å². The Balaban J connectivity index is 0.000000135. The first-order valence-corrected chi connectivity index (χ1v) is 36.9. The number of benzene rings is 16. The highest BCUT2D eigenvalue weighted by Gasteiger charge is 2.36. The van der Waals surface area contributed by atoms with Crippen molar-refractivity contribution in [3.63, 3.8) is 0 Å². The SMILES string of the molecule is CC1(C)c2ccccc2-c2ccc(-n3c4ccccc4c4c5oc6cc(-c7nc(-c8ccccc8)nc(-c8ccccc8)n7)ccc6c5ccc43)cc21.c1ccc(-c2nc(-c3ccccc3)nc(-c3ccc4c(c3)oc3c4ccc4c3c3ccccc3n4-c3ccc4c5ccccc5c5ccccc5c4c3)n2)cc1. The Bertz CT molecular complexity index is 7350. The van der Waals surface area contributed by atoms with Crippen LogP contribution in [0.5, 0.6) is 0 Å². The van der Waals surface area contributed by atoms with Crippen molar-refractivity contribution in [3.8, 4) is 90.8 Å². The average molecular weight is 1400 g/mol. The standard InChI is InChI=1S/C51H30N4O.C48H32N4O/c1-3-13-31(14-4-1)49-52-50(32-15-5-2-6-16-32)54-51(53-49)33-23-25-40-41-27-28-45-47(48(41)56-46(40)29-33)42-21-11-12-22-44(42)55(45)34-24-26-39-37-19-8-7-17-35(37)36-18-9-10-20-38(36)43(39)30-34;1-48(2)38-19-11-9-17-33(38)34-24-22-32(28-39(34)48)52-40-20-12-10-18-37(40)43-41(52)26-25-36-35-23-21-31(27-42(35)53-44(36)43)47-50-45(29-13-5-3-6-14-29)49-46(51-47)30-15-7-4-8-16-30/h1-30H;3-28H,1-2H3. The lowest BCUT2D eigenvalue weighted by Gasteiger charge is -2.22. The smallest absolute Gasteiger partial charge is 0.164 e. The molecule has 510 valence electrons. The van der Waals surface area contributed by atoms with E-state index in [1.54, 1.807) is 0 Å². The van der Waals surface area contributed by atoms with Crippen molar-refractivity contribution in [1.29, 1.82) is 0 Å². The minimum absolute atomic E-state index is 0.0906. The molecule has 10 nitrogen and oxygen atoms in total. The quantitative estimate of drug-likeness (QED) is 0.138. The van der Waals surface area contributed by atoms with Gasteiger partial charge in [0.25, 0.3) is 0 Å². The number of nitrogens with zero attached hydrogens (tertiary/aromatic N) is 8. The minimum atomic E-state index is -0.0906. The third kappa shape index (κ3) is 9.81. The molecule has 0 aliphatic heterocycles. The van der Waals surface area contributed by atoms with Gasteiger partial charge in [-0.15, -0.1) is 0 Å². The summed E-state index contributed by atoms with van der Waals surface area (Å²) in [4.78, 5) is 29.7. The first kappa shape index (κ1) is 61.9. The van der Waals surface area contributed by atoms with Crippen molar-refractivity contribution in [2.24, 2.45) is 0 Å². The van der Waals surface area contributed by atoms with E-state index in [1.165, 1.54) is 54.6 Å². The van der Waals surface area contributed by atoms with E-state index in [9.17, 15) is 0 Å². The topological polar surface area (TPSA) is 113 Å². The maximum Gasteiger partial charge on any atom is 0.164 e. The van der Waals surface area contributed by atoms with Crippen LogP contribution in [0.1, 0.15) is 25.0 Å². The highest BCUT2D eigenvalue weighted by Crippen LogP contribution is 2.51. The summed E-state index contributed by atoms with van der Waals surface area (Å²) in [5, 5.41) is 16.3.